The van der Waals surface area contributed by atoms with Crippen molar-refractivity contribution < 1.29 is 28.8 Å². The molecule has 2 fully saturated rings. The van der Waals surface area contributed by atoms with E-state index in [0.717, 1.165) is 30.5 Å². The topological polar surface area (TPSA) is 127 Å². The number of hydrogen-bond acceptors (Lipinski definition) is 9. The van der Waals surface area contributed by atoms with Crippen LogP contribution in [0.2, 0.25) is 0 Å². The van der Waals surface area contributed by atoms with Crippen LogP contribution in [0.15, 0.2) is 48.5 Å². The van der Waals surface area contributed by atoms with Crippen LogP contribution in [0.5, 0.6) is 0 Å². The van der Waals surface area contributed by atoms with Crippen LogP contribution in [0, 0.1) is 22.0 Å². The number of non-ortho nitro benzene ring substituents is 1. The zero-order chi connectivity index (χ0) is 28.3. The van der Waals surface area contributed by atoms with Gasteiger partial charge in [-0.15, -0.1) is 0 Å². The highest BCUT2D eigenvalue weighted by atomic mass is 32.2. The molecule has 2 aliphatic heterocycles. The second-order valence-electron chi connectivity index (χ2n) is 9.85. The summed E-state index contributed by atoms with van der Waals surface area (Å²) in [5, 5.41) is 10.3. The van der Waals surface area contributed by atoms with Gasteiger partial charge in [-0.25, -0.2) is 9.69 Å². The van der Waals surface area contributed by atoms with E-state index in [9.17, 15) is 29.3 Å². The van der Waals surface area contributed by atoms with Gasteiger partial charge >= 0.3 is 5.97 Å². The minimum absolute atomic E-state index is 0.0339. The van der Waals surface area contributed by atoms with Gasteiger partial charge in [-0.2, -0.15) is 0 Å². The number of benzene rings is 2. The molecule has 12 heteroatoms. The Morgan fingerprint density at radius 1 is 1.08 bits per heavy atom. The number of Topliss-reactive ketones (excluding diaryl/α,β-unsaturated/α-hetero) is 1. The molecule has 2 saturated heterocycles. The zero-order valence-corrected chi connectivity index (χ0v) is 23.0. The first-order valence-corrected chi connectivity index (χ1v) is 13.7. The second-order valence-corrected chi connectivity index (χ2v) is 11.7. The lowest BCUT2D eigenvalue weighted by Gasteiger charge is -2.36. The number of piperidine rings is 1. The smallest absolute Gasteiger partial charge is 0.338 e. The lowest BCUT2D eigenvalue weighted by molar-refractivity contribution is -0.384. The number of anilines is 1. The largest absolute Gasteiger partial charge is 0.454 e. The molecule has 0 unspecified atom stereocenters. The Bertz CT molecular complexity index is 1320. The van der Waals surface area contributed by atoms with E-state index in [1.54, 1.807) is 0 Å². The standard InChI is InChI=1S/C27H27N3O7S2/c1-16-10-17(2)14-28(13-16)27(38)39-23-12-24(32)29(25(23)33)20-8-6-18(7-9-20)26(34)37-15-22(31)19-4-3-5-21(11-19)30(35)36/h3-9,11,16-17,23H,10,12-15H2,1-2H3/t16-,17-,23+/m0/s1. The minimum atomic E-state index is -0.789. The Labute approximate surface area is 234 Å². The van der Waals surface area contributed by atoms with E-state index < -0.39 is 28.5 Å². The van der Waals surface area contributed by atoms with Crippen LogP contribution in [0.25, 0.3) is 0 Å². The van der Waals surface area contributed by atoms with Gasteiger partial charge in [-0.05, 0) is 42.5 Å². The lowest BCUT2D eigenvalue weighted by atomic mass is 9.92. The number of nitro groups is 1. The fourth-order valence-electron chi connectivity index (χ4n) is 4.81. The van der Waals surface area contributed by atoms with E-state index >= 15 is 0 Å². The summed E-state index contributed by atoms with van der Waals surface area (Å²) in [6.07, 6.45) is 1.17. The predicted molar refractivity (Wildman–Crippen MR) is 150 cm³/mol. The number of ketones is 1. The van der Waals surface area contributed by atoms with Gasteiger partial charge in [0.15, 0.2) is 6.61 Å². The molecule has 10 nitrogen and oxygen atoms in total. The third-order valence-electron chi connectivity index (χ3n) is 6.55. The number of esters is 1. The Kier molecular flexibility index (Phi) is 8.76. The van der Waals surface area contributed by atoms with Crippen LogP contribution in [0.1, 0.15) is 47.4 Å². The number of hydrogen-bond donors (Lipinski definition) is 0. The van der Waals surface area contributed by atoms with Gasteiger partial charge < -0.3 is 9.64 Å². The van der Waals surface area contributed by atoms with Crippen LogP contribution < -0.4 is 4.90 Å². The highest BCUT2D eigenvalue weighted by Crippen LogP contribution is 2.33. The number of carbonyl (C=O) groups excluding carboxylic acids is 4. The highest BCUT2D eigenvalue weighted by Gasteiger charge is 2.41. The number of rotatable bonds is 7. The molecule has 2 aliphatic rings. The molecule has 3 atom stereocenters. The fraction of sp³-hybridized carbons (Fsp3) is 0.370. The summed E-state index contributed by atoms with van der Waals surface area (Å²) in [6.45, 7) is 5.43. The first-order valence-electron chi connectivity index (χ1n) is 12.4. The summed E-state index contributed by atoms with van der Waals surface area (Å²) < 4.78 is 5.68. The normalized spacial score (nSPS) is 21.1. The average Bonchev–Trinajstić information content (AvgIpc) is 3.18. The summed E-state index contributed by atoms with van der Waals surface area (Å²) in [6, 6.07) is 10.9. The van der Waals surface area contributed by atoms with E-state index in [1.807, 2.05) is 0 Å². The molecule has 2 aromatic rings. The number of ether oxygens (including phenoxy) is 1. The molecule has 2 heterocycles. The average molecular weight is 570 g/mol. The van der Waals surface area contributed by atoms with E-state index in [2.05, 4.69) is 18.7 Å². The number of thiocarbonyl (C=S) groups is 1. The third-order valence-corrected chi connectivity index (χ3v) is 8.21. The molecule has 0 bridgehead atoms. The first kappa shape index (κ1) is 28.4. The van der Waals surface area contributed by atoms with Gasteiger partial charge in [-0.1, -0.05) is 50.0 Å². The Morgan fingerprint density at radius 2 is 1.74 bits per heavy atom. The molecule has 0 radical (unpaired) electrons. The van der Waals surface area contributed by atoms with Crippen molar-refractivity contribution in [2.24, 2.45) is 11.8 Å². The number of imide groups is 1. The van der Waals surface area contributed by atoms with E-state index in [4.69, 9.17) is 17.0 Å². The maximum atomic E-state index is 13.1. The molecule has 0 N–H and O–H groups in total. The van der Waals surface area contributed by atoms with Gasteiger partial charge in [0.2, 0.25) is 17.6 Å². The number of amides is 2. The molecule has 0 aromatic heterocycles. The second kappa shape index (κ2) is 12.0. The number of nitro benzene ring substituents is 1. The summed E-state index contributed by atoms with van der Waals surface area (Å²) >= 11 is 6.85. The minimum Gasteiger partial charge on any atom is -0.454 e. The van der Waals surface area contributed by atoms with Gasteiger partial charge in [-0.3, -0.25) is 24.5 Å². The monoisotopic (exact) mass is 569 g/mol. The molecule has 4 rings (SSSR count). The van der Waals surface area contributed by atoms with Crippen molar-refractivity contribution in [2.45, 2.75) is 31.9 Å². The molecular weight excluding hydrogens is 542 g/mol. The van der Waals surface area contributed by atoms with Crippen molar-refractivity contribution in [3.8, 4) is 0 Å². The maximum absolute atomic E-state index is 13.1. The lowest BCUT2D eigenvalue weighted by Crippen LogP contribution is -2.41. The van der Waals surface area contributed by atoms with Crippen molar-refractivity contribution in [2.75, 3.05) is 24.6 Å². The van der Waals surface area contributed by atoms with Crippen LogP contribution in [0.4, 0.5) is 11.4 Å². The summed E-state index contributed by atoms with van der Waals surface area (Å²) in [5.41, 5.74) is 0.245. The zero-order valence-electron chi connectivity index (χ0n) is 21.4. The predicted octanol–water partition coefficient (Wildman–Crippen LogP) is 4.26. The maximum Gasteiger partial charge on any atom is 0.338 e. The van der Waals surface area contributed by atoms with Crippen molar-refractivity contribution in [3.05, 3.63) is 69.8 Å². The van der Waals surface area contributed by atoms with E-state index in [-0.39, 0.29) is 35.0 Å². The SMILES string of the molecule is C[C@H]1C[C@H](C)CN(C(=S)S[C@@H]2CC(=O)N(c3ccc(C(=O)OCC(=O)c4cccc([N+](=O)[O-])c4)cc3)C2=O)C1. The van der Waals surface area contributed by atoms with Crippen molar-refractivity contribution in [1.82, 2.24) is 4.90 Å². The van der Waals surface area contributed by atoms with Gasteiger partial charge in [0, 0.05) is 37.2 Å². The first-order chi connectivity index (χ1) is 18.5. The van der Waals surface area contributed by atoms with Crippen molar-refractivity contribution in [1.29, 1.82) is 0 Å². The molecule has 0 aliphatic carbocycles. The van der Waals surface area contributed by atoms with E-state index in [1.165, 1.54) is 54.2 Å². The summed E-state index contributed by atoms with van der Waals surface area (Å²) in [5.74, 6) is -1.07. The highest BCUT2D eigenvalue weighted by molar-refractivity contribution is 8.23. The van der Waals surface area contributed by atoms with Crippen LogP contribution in [-0.2, 0) is 14.3 Å². The Hall–Kier alpha value is -3.64. The van der Waals surface area contributed by atoms with Crippen LogP contribution >= 0.6 is 24.0 Å². The number of nitrogens with zero attached hydrogens (tertiary/aromatic N) is 3. The number of thioether (sulfide) groups is 1. The molecule has 39 heavy (non-hydrogen) atoms. The molecular formula is C27H27N3O7S2. The van der Waals surface area contributed by atoms with Gasteiger partial charge in [0.1, 0.15) is 9.57 Å². The number of carbonyl (C=O) groups is 4. The quantitative estimate of drug-likeness (QED) is 0.119. The van der Waals surface area contributed by atoms with Gasteiger partial charge in [0.25, 0.3) is 5.69 Å². The van der Waals surface area contributed by atoms with Gasteiger partial charge in [0.05, 0.1) is 16.2 Å². The van der Waals surface area contributed by atoms with Crippen molar-refractivity contribution in [3.63, 3.8) is 0 Å². The Balaban J connectivity index is 1.34. The number of likely N-dealkylation sites (tertiary alicyclic amines) is 1. The molecule has 0 spiro atoms. The Morgan fingerprint density at radius 3 is 2.38 bits per heavy atom. The fourth-order valence-corrected chi connectivity index (χ4v) is 6.28. The van der Waals surface area contributed by atoms with E-state index in [0.29, 0.717) is 21.8 Å². The van der Waals surface area contributed by atoms with Crippen molar-refractivity contribution >= 4 is 63.2 Å². The van der Waals surface area contributed by atoms with Crippen LogP contribution in [0.3, 0.4) is 0 Å². The molecule has 0 saturated carbocycles. The molecule has 2 amide bonds. The molecule has 204 valence electrons. The summed E-state index contributed by atoms with van der Waals surface area (Å²) in [4.78, 5) is 64.0. The molecule has 2 aromatic carbocycles. The summed E-state index contributed by atoms with van der Waals surface area (Å²) in [7, 11) is 0. The third kappa shape index (κ3) is 6.69. The van der Waals surface area contributed by atoms with Crippen LogP contribution in [-0.4, -0.2) is 62.7 Å².